The van der Waals surface area contributed by atoms with Gasteiger partial charge in [-0.1, -0.05) is 63.8 Å². The molecule has 4 atom stereocenters. The highest BCUT2D eigenvalue weighted by atomic mass is 16.5. The van der Waals surface area contributed by atoms with Crippen molar-refractivity contribution in [3.8, 4) is 0 Å². The Bertz CT molecular complexity index is 802. The van der Waals surface area contributed by atoms with Gasteiger partial charge in [0.15, 0.2) is 0 Å². The van der Waals surface area contributed by atoms with Crippen molar-refractivity contribution >= 4 is 5.97 Å². The standard InChI is InChI=1S/C30H48O5/c1-29(2,21-31)19-9-7-11-22-15-17-26(34-22)24-13-5-6-14-25(24)27-18-16-23(35-27)12-8-10-20-30(3,4)28(32)33/h5-6,13-14,22-23,26-27,31H,7-12,15-21H2,1-4H3,(H,32,33). The second-order valence-electron chi connectivity index (χ2n) is 12.3. The Morgan fingerprint density at radius 2 is 1.31 bits per heavy atom. The van der Waals surface area contributed by atoms with Gasteiger partial charge < -0.3 is 19.7 Å². The van der Waals surface area contributed by atoms with Gasteiger partial charge in [0.05, 0.1) is 29.8 Å². The second kappa shape index (κ2) is 12.7. The van der Waals surface area contributed by atoms with Crippen LogP contribution in [0.2, 0.25) is 0 Å². The van der Waals surface area contributed by atoms with E-state index in [-0.39, 0.29) is 30.3 Å². The fourth-order valence-electron chi connectivity index (χ4n) is 5.49. The summed E-state index contributed by atoms with van der Waals surface area (Å²) >= 11 is 0. The molecule has 198 valence electrons. The van der Waals surface area contributed by atoms with Crippen LogP contribution in [0.25, 0.3) is 0 Å². The molecule has 0 radical (unpaired) electrons. The number of carboxylic acid groups (broad SMARTS) is 1. The maximum Gasteiger partial charge on any atom is 0.309 e. The lowest BCUT2D eigenvalue weighted by molar-refractivity contribution is -0.147. The number of hydrogen-bond donors (Lipinski definition) is 2. The number of aliphatic hydroxyl groups excluding tert-OH is 1. The van der Waals surface area contributed by atoms with E-state index in [1.165, 1.54) is 11.1 Å². The zero-order valence-electron chi connectivity index (χ0n) is 22.4. The average molecular weight is 489 g/mol. The van der Waals surface area contributed by atoms with Gasteiger partial charge in [-0.25, -0.2) is 0 Å². The fourth-order valence-corrected chi connectivity index (χ4v) is 5.49. The molecule has 3 rings (SSSR count). The molecule has 2 fully saturated rings. The van der Waals surface area contributed by atoms with Crippen LogP contribution in [0.3, 0.4) is 0 Å². The molecule has 2 heterocycles. The van der Waals surface area contributed by atoms with E-state index in [4.69, 9.17) is 9.47 Å². The van der Waals surface area contributed by atoms with E-state index in [0.29, 0.717) is 12.5 Å². The Morgan fingerprint density at radius 3 is 1.77 bits per heavy atom. The number of ether oxygens (including phenoxy) is 2. The molecule has 0 saturated carbocycles. The van der Waals surface area contributed by atoms with E-state index in [1.54, 1.807) is 0 Å². The van der Waals surface area contributed by atoms with Gasteiger partial charge in [-0.3, -0.25) is 4.79 Å². The Morgan fingerprint density at radius 1 is 0.829 bits per heavy atom. The molecule has 2 aliphatic heterocycles. The van der Waals surface area contributed by atoms with Crippen LogP contribution in [-0.2, 0) is 14.3 Å². The minimum Gasteiger partial charge on any atom is -0.481 e. The van der Waals surface area contributed by atoms with Crippen LogP contribution in [0.4, 0.5) is 0 Å². The van der Waals surface area contributed by atoms with E-state index < -0.39 is 11.4 Å². The van der Waals surface area contributed by atoms with Crippen LogP contribution in [0.15, 0.2) is 24.3 Å². The van der Waals surface area contributed by atoms with Crippen molar-refractivity contribution in [3.63, 3.8) is 0 Å². The molecule has 0 spiro atoms. The van der Waals surface area contributed by atoms with Gasteiger partial charge in [-0.15, -0.1) is 0 Å². The third-order valence-corrected chi connectivity index (χ3v) is 8.12. The van der Waals surface area contributed by atoms with Gasteiger partial charge in [-0.2, -0.15) is 0 Å². The van der Waals surface area contributed by atoms with Crippen molar-refractivity contribution < 1.29 is 24.5 Å². The number of rotatable bonds is 14. The minimum atomic E-state index is -0.715. The van der Waals surface area contributed by atoms with Gasteiger partial charge in [-0.05, 0) is 81.8 Å². The van der Waals surface area contributed by atoms with Gasteiger partial charge in [0, 0.05) is 6.61 Å². The number of carbonyl (C=O) groups is 1. The topological polar surface area (TPSA) is 76.0 Å². The first-order valence-electron chi connectivity index (χ1n) is 13.9. The molecule has 4 unspecified atom stereocenters. The van der Waals surface area contributed by atoms with Crippen LogP contribution in [0.5, 0.6) is 0 Å². The van der Waals surface area contributed by atoms with E-state index in [2.05, 4.69) is 38.1 Å². The predicted molar refractivity (Wildman–Crippen MR) is 139 cm³/mol. The summed E-state index contributed by atoms with van der Waals surface area (Å²) in [5.74, 6) is -0.715. The second-order valence-corrected chi connectivity index (χ2v) is 12.3. The quantitative estimate of drug-likeness (QED) is 0.267. The number of benzene rings is 1. The highest BCUT2D eigenvalue weighted by Gasteiger charge is 2.33. The van der Waals surface area contributed by atoms with Crippen molar-refractivity contribution in [2.24, 2.45) is 10.8 Å². The smallest absolute Gasteiger partial charge is 0.309 e. The molecule has 2 saturated heterocycles. The van der Waals surface area contributed by atoms with Gasteiger partial charge in [0.25, 0.3) is 0 Å². The largest absolute Gasteiger partial charge is 0.481 e. The number of hydrogen-bond acceptors (Lipinski definition) is 4. The average Bonchev–Trinajstić information content (AvgIpc) is 3.49. The highest BCUT2D eigenvalue weighted by Crippen LogP contribution is 2.42. The van der Waals surface area contributed by atoms with Crippen LogP contribution < -0.4 is 0 Å². The van der Waals surface area contributed by atoms with Crippen molar-refractivity contribution in [2.75, 3.05) is 6.61 Å². The molecule has 35 heavy (non-hydrogen) atoms. The molecule has 2 aliphatic rings. The zero-order valence-corrected chi connectivity index (χ0v) is 22.4. The normalized spacial score (nSPS) is 25.3. The summed E-state index contributed by atoms with van der Waals surface area (Å²) in [6.07, 6.45) is 13.3. The molecule has 0 aromatic heterocycles. The molecule has 0 amide bonds. The molecule has 1 aromatic carbocycles. The maximum atomic E-state index is 11.3. The summed E-state index contributed by atoms with van der Waals surface area (Å²) in [5, 5.41) is 18.7. The van der Waals surface area contributed by atoms with Crippen molar-refractivity contribution in [3.05, 3.63) is 35.4 Å². The SMILES string of the molecule is CC(C)(CO)CCCCC1CCC(c2ccccc2C2CCC(CCCCC(C)(C)C(=O)O)O2)O1. The van der Waals surface area contributed by atoms with E-state index in [1.807, 2.05) is 13.8 Å². The lowest BCUT2D eigenvalue weighted by atomic mass is 9.87. The lowest BCUT2D eigenvalue weighted by Gasteiger charge is -2.22. The van der Waals surface area contributed by atoms with Crippen LogP contribution in [0.1, 0.15) is 128 Å². The molecule has 0 aliphatic carbocycles. The summed E-state index contributed by atoms with van der Waals surface area (Å²) in [4.78, 5) is 11.3. The first-order valence-corrected chi connectivity index (χ1v) is 13.9. The number of aliphatic hydroxyl groups is 1. The number of unbranched alkanes of at least 4 members (excludes halogenated alkanes) is 2. The summed E-state index contributed by atoms with van der Waals surface area (Å²) < 4.78 is 13.0. The maximum absolute atomic E-state index is 11.3. The van der Waals surface area contributed by atoms with E-state index in [0.717, 1.165) is 70.6 Å². The first kappa shape index (κ1) is 28.1. The van der Waals surface area contributed by atoms with Crippen molar-refractivity contribution in [1.29, 1.82) is 0 Å². The molecule has 2 N–H and O–H groups in total. The van der Waals surface area contributed by atoms with Gasteiger partial charge >= 0.3 is 5.97 Å². The summed E-state index contributed by atoms with van der Waals surface area (Å²) in [5.41, 5.74) is 1.96. The number of carboxylic acids is 1. The molecule has 5 nitrogen and oxygen atoms in total. The Kier molecular flexibility index (Phi) is 10.2. The number of aliphatic carboxylic acids is 1. The minimum absolute atomic E-state index is 0.0201. The Labute approximate surface area is 212 Å². The lowest BCUT2D eigenvalue weighted by Crippen LogP contribution is -2.23. The third-order valence-electron chi connectivity index (χ3n) is 8.12. The van der Waals surface area contributed by atoms with E-state index in [9.17, 15) is 15.0 Å². The van der Waals surface area contributed by atoms with E-state index >= 15 is 0 Å². The van der Waals surface area contributed by atoms with Crippen LogP contribution in [0, 0.1) is 10.8 Å². The summed E-state index contributed by atoms with van der Waals surface area (Å²) in [6, 6.07) is 8.66. The summed E-state index contributed by atoms with van der Waals surface area (Å²) in [7, 11) is 0. The molecular formula is C30H48O5. The molecule has 1 aromatic rings. The van der Waals surface area contributed by atoms with Gasteiger partial charge in [0.1, 0.15) is 0 Å². The Balaban J connectivity index is 1.45. The highest BCUT2D eigenvalue weighted by molar-refractivity contribution is 5.73. The van der Waals surface area contributed by atoms with Gasteiger partial charge in [0.2, 0.25) is 0 Å². The summed E-state index contributed by atoms with van der Waals surface area (Å²) in [6.45, 7) is 8.12. The Hall–Kier alpha value is -1.43. The third kappa shape index (κ3) is 8.30. The molecule has 5 heteroatoms. The molecular weight excluding hydrogens is 440 g/mol. The van der Waals surface area contributed by atoms with Crippen molar-refractivity contribution in [1.82, 2.24) is 0 Å². The zero-order chi connectivity index (χ0) is 25.5. The molecule has 0 bridgehead atoms. The predicted octanol–water partition coefficient (Wildman–Crippen LogP) is 7.38. The van der Waals surface area contributed by atoms with Crippen LogP contribution in [-0.4, -0.2) is 35.0 Å². The first-order chi connectivity index (χ1) is 16.6. The van der Waals surface area contributed by atoms with Crippen LogP contribution >= 0.6 is 0 Å². The van der Waals surface area contributed by atoms with Crippen molar-refractivity contribution in [2.45, 2.75) is 129 Å². The monoisotopic (exact) mass is 488 g/mol. The fraction of sp³-hybridized carbons (Fsp3) is 0.767.